The third-order valence-corrected chi connectivity index (χ3v) is 3.26. The summed E-state index contributed by atoms with van der Waals surface area (Å²) in [5, 5.41) is 0. The number of rotatable bonds is 1. The van der Waals surface area contributed by atoms with Crippen LogP contribution in [0, 0.1) is 18.6 Å². The van der Waals surface area contributed by atoms with E-state index in [2.05, 4.69) is 4.98 Å². The zero-order chi connectivity index (χ0) is 13.4. The van der Waals surface area contributed by atoms with Crippen LogP contribution in [0.2, 0.25) is 0 Å². The first-order valence-corrected chi connectivity index (χ1v) is 6.40. The average molecular weight is 252 g/mol. The Bertz CT molecular complexity index is 583. The van der Waals surface area contributed by atoms with Gasteiger partial charge >= 0.3 is 0 Å². The van der Waals surface area contributed by atoms with Crippen molar-refractivity contribution in [3.63, 3.8) is 0 Å². The number of hydrogen-bond donors (Lipinski definition) is 0. The van der Waals surface area contributed by atoms with Crippen molar-refractivity contribution < 1.29 is 8.78 Å². The second-order valence-corrected chi connectivity index (χ2v) is 4.47. The van der Waals surface area contributed by atoms with Crippen molar-refractivity contribution in [1.29, 1.82) is 0 Å². The van der Waals surface area contributed by atoms with E-state index in [1.54, 1.807) is 11.6 Å². The molecule has 2 nitrogen and oxygen atoms in total. The molecule has 98 valence electrons. The van der Waals surface area contributed by atoms with Crippen LogP contribution in [0.5, 0.6) is 0 Å². The Morgan fingerprint density at radius 3 is 2.44 bits per heavy atom. The highest BCUT2D eigenvalue weighted by Gasteiger charge is 2.29. The number of benzene rings is 1. The third kappa shape index (κ3) is 1.89. The molecule has 0 bridgehead atoms. The molecule has 1 aromatic heterocycles. The average Bonchev–Trinajstić information content (AvgIpc) is 3.15. The highest BCUT2D eigenvalue weighted by Crippen LogP contribution is 2.40. The van der Waals surface area contributed by atoms with Gasteiger partial charge in [0.05, 0.1) is 5.52 Å². The second-order valence-electron chi connectivity index (χ2n) is 4.47. The number of fused-ring (bicyclic) bond motifs is 1. The van der Waals surface area contributed by atoms with Crippen LogP contribution < -0.4 is 0 Å². The molecule has 4 heteroatoms. The van der Waals surface area contributed by atoms with Gasteiger partial charge in [-0.05, 0) is 19.8 Å². The van der Waals surface area contributed by atoms with E-state index in [1.165, 1.54) is 13.0 Å². The third-order valence-electron chi connectivity index (χ3n) is 3.26. The second kappa shape index (κ2) is 4.67. The molecular weight excluding hydrogens is 234 g/mol. The van der Waals surface area contributed by atoms with Crippen molar-refractivity contribution in [3.8, 4) is 0 Å². The Labute approximate surface area is 106 Å². The molecule has 3 rings (SSSR count). The minimum Gasteiger partial charge on any atom is -0.328 e. The zero-order valence-electron chi connectivity index (χ0n) is 11.2. The maximum Gasteiger partial charge on any atom is 0.154 e. The van der Waals surface area contributed by atoms with Gasteiger partial charge in [-0.3, -0.25) is 0 Å². The van der Waals surface area contributed by atoms with Crippen molar-refractivity contribution in [2.45, 2.75) is 39.5 Å². The number of aryl methyl sites for hydroxylation is 1. The molecule has 0 amide bonds. The minimum atomic E-state index is -0.523. The van der Waals surface area contributed by atoms with Crippen LogP contribution in [0.4, 0.5) is 8.78 Å². The highest BCUT2D eigenvalue weighted by molar-refractivity contribution is 5.78. The van der Waals surface area contributed by atoms with Gasteiger partial charge in [0.15, 0.2) is 5.82 Å². The lowest BCUT2D eigenvalue weighted by atomic mass is 10.2. The minimum absolute atomic E-state index is 0.0675. The zero-order valence-corrected chi connectivity index (χ0v) is 11.2. The molecule has 1 saturated carbocycles. The summed E-state index contributed by atoms with van der Waals surface area (Å²) in [5.74, 6) is 0.293. The van der Waals surface area contributed by atoms with Gasteiger partial charge in [0.2, 0.25) is 0 Å². The summed E-state index contributed by atoms with van der Waals surface area (Å²) >= 11 is 0. The predicted octanol–water partition coefficient (Wildman–Crippen LogP) is 4.06. The Hall–Kier alpha value is -1.45. The van der Waals surface area contributed by atoms with Crippen molar-refractivity contribution >= 4 is 11.0 Å². The van der Waals surface area contributed by atoms with Crippen molar-refractivity contribution in [1.82, 2.24) is 9.55 Å². The van der Waals surface area contributed by atoms with Crippen molar-refractivity contribution in [3.05, 3.63) is 29.1 Å². The first-order valence-electron chi connectivity index (χ1n) is 6.40. The Morgan fingerprint density at radius 1 is 1.28 bits per heavy atom. The SMILES string of the molecule is CC.Cc1c(F)cc2nc(C3CC3)n(C)c2c1F. The Balaban J connectivity index is 0.000000574. The van der Waals surface area contributed by atoms with Gasteiger partial charge in [-0.25, -0.2) is 13.8 Å². The fourth-order valence-electron chi connectivity index (χ4n) is 2.12. The lowest BCUT2D eigenvalue weighted by Gasteiger charge is -2.03. The number of hydrogen-bond acceptors (Lipinski definition) is 1. The monoisotopic (exact) mass is 252 g/mol. The smallest absolute Gasteiger partial charge is 0.154 e. The fourth-order valence-corrected chi connectivity index (χ4v) is 2.12. The van der Waals surface area contributed by atoms with E-state index in [9.17, 15) is 8.78 Å². The molecule has 0 spiro atoms. The van der Waals surface area contributed by atoms with Crippen LogP contribution in [-0.4, -0.2) is 9.55 Å². The normalized spacial score (nSPS) is 14.6. The first-order chi connectivity index (χ1) is 8.59. The van der Waals surface area contributed by atoms with E-state index in [0.29, 0.717) is 17.0 Å². The molecule has 1 heterocycles. The van der Waals surface area contributed by atoms with Gasteiger partial charge < -0.3 is 4.57 Å². The number of imidazole rings is 1. The van der Waals surface area contributed by atoms with Crippen LogP contribution >= 0.6 is 0 Å². The van der Waals surface area contributed by atoms with Crippen molar-refractivity contribution in [2.24, 2.45) is 7.05 Å². The van der Waals surface area contributed by atoms with Gasteiger partial charge in [-0.15, -0.1) is 0 Å². The summed E-state index contributed by atoms with van der Waals surface area (Å²) in [7, 11) is 1.80. The van der Waals surface area contributed by atoms with E-state index in [-0.39, 0.29) is 5.56 Å². The van der Waals surface area contributed by atoms with Crippen molar-refractivity contribution in [2.75, 3.05) is 0 Å². The molecule has 0 saturated heterocycles. The van der Waals surface area contributed by atoms with E-state index in [4.69, 9.17) is 0 Å². The first kappa shape index (κ1) is 13.0. The molecule has 1 aliphatic rings. The largest absolute Gasteiger partial charge is 0.328 e. The lowest BCUT2D eigenvalue weighted by molar-refractivity contribution is 0.573. The quantitative estimate of drug-likeness (QED) is 0.748. The van der Waals surface area contributed by atoms with Gasteiger partial charge in [0.1, 0.15) is 17.2 Å². The molecule has 18 heavy (non-hydrogen) atoms. The summed E-state index contributed by atoms with van der Waals surface area (Å²) in [4.78, 5) is 4.32. The standard InChI is InChI=1S/C12H12F2N2.C2H6/c1-6-8(13)5-9-11(10(6)14)16(2)12(15-9)7-3-4-7;1-2/h5,7H,3-4H2,1-2H3;1-2H3. The molecule has 2 aromatic rings. The summed E-state index contributed by atoms with van der Waals surface area (Å²) in [6.07, 6.45) is 2.19. The number of halogens is 2. The highest BCUT2D eigenvalue weighted by atomic mass is 19.1. The van der Waals surface area contributed by atoms with Crippen LogP contribution in [-0.2, 0) is 7.05 Å². The number of nitrogens with zero attached hydrogens (tertiary/aromatic N) is 2. The molecule has 0 unspecified atom stereocenters. The molecule has 1 aliphatic carbocycles. The van der Waals surface area contributed by atoms with Crippen LogP contribution in [0.3, 0.4) is 0 Å². The maximum atomic E-state index is 13.9. The van der Waals surface area contributed by atoms with Crippen LogP contribution in [0.15, 0.2) is 6.07 Å². The van der Waals surface area contributed by atoms with Gasteiger partial charge in [-0.1, -0.05) is 13.8 Å². The van der Waals surface area contributed by atoms with Gasteiger partial charge in [-0.2, -0.15) is 0 Å². The maximum absolute atomic E-state index is 13.9. The molecule has 1 aromatic carbocycles. The van der Waals surface area contributed by atoms with Crippen LogP contribution in [0.25, 0.3) is 11.0 Å². The Kier molecular flexibility index (Phi) is 3.37. The lowest BCUT2D eigenvalue weighted by Crippen LogP contribution is -1.98. The fraction of sp³-hybridized carbons (Fsp3) is 0.500. The molecule has 1 fully saturated rings. The molecular formula is C14H18F2N2. The summed E-state index contributed by atoms with van der Waals surface area (Å²) in [6.45, 7) is 5.45. The van der Waals surface area contributed by atoms with E-state index < -0.39 is 11.6 Å². The summed E-state index contributed by atoms with van der Waals surface area (Å²) in [5.41, 5.74) is 0.906. The number of aromatic nitrogens is 2. The van der Waals surface area contributed by atoms with Gasteiger partial charge in [0.25, 0.3) is 0 Å². The van der Waals surface area contributed by atoms with E-state index in [0.717, 1.165) is 18.7 Å². The summed E-state index contributed by atoms with van der Waals surface area (Å²) < 4.78 is 29.1. The summed E-state index contributed by atoms with van der Waals surface area (Å²) in [6, 6.07) is 1.32. The topological polar surface area (TPSA) is 17.8 Å². The molecule has 0 aliphatic heterocycles. The Morgan fingerprint density at radius 2 is 1.89 bits per heavy atom. The molecule has 0 N–H and O–H groups in total. The van der Waals surface area contributed by atoms with Crippen LogP contribution in [0.1, 0.15) is 44.0 Å². The van der Waals surface area contributed by atoms with E-state index >= 15 is 0 Å². The molecule has 0 radical (unpaired) electrons. The van der Waals surface area contributed by atoms with Gasteiger partial charge in [0, 0.05) is 24.6 Å². The van der Waals surface area contributed by atoms with E-state index in [1.807, 2.05) is 13.8 Å². The predicted molar refractivity (Wildman–Crippen MR) is 68.7 cm³/mol. The molecule has 0 atom stereocenters.